The fraction of sp³-hybridized carbons (Fsp3) is 0.600. The molecule has 0 radical (unpaired) electrons. The molecule has 0 unspecified atom stereocenters. The number of H-pyrrole nitrogens is 2. The normalized spacial score (nSPS) is 12.8. The number of aliphatic hydroxyl groups excluding tert-OH is 1. The molecule has 0 aliphatic rings. The molecular formula is C15H27N7O. The molecule has 1 atom stereocenters. The number of aromatic nitrogens is 4. The molecule has 8 heteroatoms. The third-order valence-electron chi connectivity index (χ3n) is 3.43. The van der Waals surface area contributed by atoms with Gasteiger partial charge in [-0.15, -0.1) is 0 Å². The lowest BCUT2D eigenvalue weighted by Gasteiger charge is -2.24. The molecule has 8 nitrogen and oxygen atoms in total. The summed E-state index contributed by atoms with van der Waals surface area (Å²) in [6.45, 7) is 7.42. The van der Waals surface area contributed by atoms with E-state index >= 15 is 0 Å². The molecule has 0 aromatic carbocycles. The van der Waals surface area contributed by atoms with Crippen molar-refractivity contribution in [1.82, 2.24) is 35.5 Å². The predicted octanol–water partition coefficient (Wildman–Crippen LogP) is -0.305. The van der Waals surface area contributed by atoms with Crippen LogP contribution in [0.4, 0.5) is 0 Å². The molecule has 2 aromatic heterocycles. The zero-order chi connectivity index (χ0) is 16.3. The van der Waals surface area contributed by atoms with E-state index < -0.39 is 0 Å². The van der Waals surface area contributed by atoms with Gasteiger partial charge in [-0.1, -0.05) is 0 Å². The summed E-state index contributed by atoms with van der Waals surface area (Å²) in [7, 11) is 0. The van der Waals surface area contributed by atoms with Gasteiger partial charge in [-0.2, -0.15) is 0 Å². The van der Waals surface area contributed by atoms with Gasteiger partial charge in [0.2, 0.25) is 0 Å². The van der Waals surface area contributed by atoms with Crippen molar-refractivity contribution >= 4 is 0 Å². The largest absolute Gasteiger partial charge is 0.392 e. The summed E-state index contributed by atoms with van der Waals surface area (Å²) in [6.07, 6.45) is 6.82. The van der Waals surface area contributed by atoms with Crippen LogP contribution in [-0.2, 0) is 13.1 Å². The predicted molar refractivity (Wildman–Crippen MR) is 88.7 cm³/mol. The number of aromatic amines is 2. The first-order valence-electron chi connectivity index (χ1n) is 8.02. The second-order valence-corrected chi connectivity index (χ2v) is 5.57. The average molecular weight is 321 g/mol. The second-order valence-electron chi connectivity index (χ2n) is 5.57. The summed E-state index contributed by atoms with van der Waals surface area (Å²) in [5.41, 5.74) is 0. The van der Waals surface area contributed by atoms with Gasteiger partial charge in [0.1, 0.15) is 11.6 Å². The van der Waals surface area contributed by atoms with E-state index in [1.807, 2.05) is 19.3 Å². The molecule has 0 fully saturated rings. The SMILES string of the molecule is C[C@H](O)CN(CCNCc1ncc[nH]1)CCNCc1ncc[nH]1. The van der Waals surface area contributed by atoms with Crippen LogP contribution in [0.2, 0.25) is 0 Å². The first-order valence-corrected chi connectivity index (χ1v) is 8.02. The molecule has 2 rings (SSSR count). The van der Waals surface area contributed by atoms with Crippen molar-refractivity contribution in [2.24, 2.45) is 0 Å². The van der Waals surface area contributed by atoms with Crippen molar-refractivity contribution in [3.63, 3.8) is 0 Å². The van der Waals surface area contributed by atoms with Crippen molar-refractivity contribution in [3.8, 4) is 0 Å². The lowest BCUT2D eigenvalue weighted by molar-refractivity contribution is 0.127. The number of imidazole rings is 2. The molecule has 2 aromatic rings. The summed E-state index contributed by atoms with van der Waals surface area (Å²) in [5, 5.41) is 16.3. The van der Waals surface area contributed by atoms with E-state index in [1.165, 1.54) is 0 Å². The zero-order valence-electron chi connectivity index (χ0n) is 13.6. The Morgan fingerprint density at radius 1 is 1.04 bits per heavy atom. The van der Waals surface area contributed by atoms with Crippen LogP contribution in [0.15, 0.2) is 24.8 Å². The van der Waals surface area contributed by atoms with E-state index in [0.717, 1.165) is 50.9 Å². The summed E-state index contributed by atoms with van der Waals surface area (Å²) in [5.74, 6) is 1.87. The van der Waals surface area contributed by atoms with Gasteiger partial charge >= 0.3 is 0 Å². The van der Waals surface area contributed by atoms with E-state index in [-0.39, 0.29) is 6.10 Å². The van der Waals surface area contributed by atoms with Gasteiger partial charge in [0, 0.05) is 57.5 Å². The standard InChI is InChI=1S/C15H27N7O/c1-13(23)12-22(8-6-16-10-14-18-2-3-19-14)9-7-17-11-15-20-4-5-21-15/h2-5,13,16-17,23H,6-12H2,1H3,(H,18,19)(H,20,21)/t13-/m0/s1. The van der Waals surface area contributed by atoms with E-state index in [9.17, 15) is 5.11 Å². The van der Waals surface area contributed by atoms with Crippen LogP contribution >= 0.6 is 0 Å². The van der Waals surface area contributed by atoms with Crippen molar-refractivity contribution in [2.75, 3.05) is 32.7 Å². The number of nitrogens with zero attached hydrogens (tertiary/aromatic N) is 3. The number of hydrogen-bond donors (Lipinski definition) is 5. The highest BCUT2D eigenvalue weighted by atomic mass is 16.3. The maximum atomic E-state index is 9.62. The Hall–Kier alpha value is -1.74. The summed E-state index contributed by atoms with van der Waals surface area (Å²) in [4.78, 5) is 16.7. The minimum Gasteiger partial charge on any atom is -0.392 e. The van der Waals surface area contributed by atoms with Gasteiger partial charge in [-0.05, 0) is 6.92 Å². The van der Waals surface area contributed by atoms with E-state index in [2.05, 4.69) is 35.5 Å². The molecule has 128 valence electrons. The first-order chi connectivity index (χ1) is 11.2. The molecule has 0 bridgehead atoms. The van der Waals surface area contributed by atoms with Gasteiger partial charge in [-0.3, -0.25) is 4.90 Å². The van der Waals surface area contributed by atoms with Gasteiger partial charge < -0.3 is 25.7 Å². The van der Waals surface area contributed by atoms with Crippen LogP contribution < -0.4 is 10.6 Å². The third-order valence-corrected chi connectivity index (χ3v) is 3.43. The van der Waals surface area contributed by atoms with Crippen molar-refractivity contribution < 1.29 is 5.11 Å². The molecule has 0 saturated heterocycles. The van der Waals surface area contributed by atoms with Crippen LogP contribution in [0.3, 0.4) is 0 Å². The lowest BCUT2D eigenvalue weighted by Crippen LogP contribution is -2.40. The van der Waals surface area contributed by atoms with Crippen LogP contribution in [0.5, 0.6) is 0 Å². The fourth-order valence-corrected chi connectivity index (χ4v) is 2.35. The van der Waals surface area contributed by atoms with Crippen molar-refractivity contribution in [1.29, 1.82) is 0 Å². The molecule has 0 aliphatic heterocycles. The van der Waals surface area contributed by atoms with Crippen LogP contribution in [0.25, 0.3) is 0 Å². The molecule has 2 heterocycles. The van der Waals surface area contributed by atoms with Gasteiger partial charge in [0.25, 0.3) is 0 Å². The van der Waals surface area contributed by atoms with Crippen LogP contribution in [-0.4, -0.2) is 68.8 Å². The monoisotopic (exact) mass is 321 g/mol. The van der Waals surface area contributed by atoms with Gasteiger partial charge in [0.05, 0.1) is 19.2 Å². The highest BCUT2D eigenvalue weighted by Gasteiger charge is 2.08. The van der Waals surface area contributed by atoms with Crippen LogP contribution in [0, 0.1) is 0 Å². The molecular weight excluding hydrogens is 294 g/mol. The molecule has 5 N–H and O–H groups in total. The van der Waals surface area contributed by atoms with E-state index in [1.54, 1.807) is 12.4 Å². The topological polar surface area (TPSA) is 105 Å². The minimum atomic E-state index is -0.329. The Morgan fingerprint density at radius 2 is 1.57 bits per heavy atom. The highest BCUT2D eigenvalue weighted by Crippen LogP contribution is 1.93. The first kappa shape index (κ1) is 17.6. The molecule has 0 spiro atoms. The lowest BCUT2D eigenvalue weighted by atomic mass is 10.3. The summed E-state index contributed by atoms with van der Waals surface area (Å²) < 4.78 is 0. The molecule has 23 heavy (non-hydrogen) atoms. The van der Waals surface area contributed by atoms with Crippen LogP contribution in [0.1, 0.15) is 18.6 Å². The Balaban J connectivity index is 1.60. The number of rotatable bonds is 12. The number of aliphatic hydroxyl groups is 1. The second kappa shape index (κ2) is 10.1. The van der Waals surface area contributed by atoms with Gasteiger partial charge in [-0.25, -0.2) is 9.97 Å². The molecule has 0 amide bonds. The summed E-state index contributed by atoms with van der Waals surface area (Å²) >= 11 is 0. The number of hydrogen-bond acceptors (Lipinski definition) is 6. The third kappa shape index (κ3) is 7.38. The Bertz CT molecular complexity index is 456. The van der Waals surface area contributed by atoms with E-state index in [0.29, 0.717) is 6.54 Å². The highest BCUT2D eigenvalue weighted by molar-refractivity contribution is 4.86. The fourth-order valence-electron chi connectivity index (χ4n) is 2.35. The smallest absolute Gasteiger partial charge is 0.120 e. The summed E-state index contributed by atoms with van der Waals surface area (Å²) in [6, 6.07) is 0. The Labute approximate surface area is 136 Å². The molecule has 0 aliphatic carbocycles. The Morgan fingerprint density at radius 3 is 1.96 bits per heavy atom. The Kier molecular flexibility index (Phi) is 7.74. The minimum absolute atomic E-state index is 0.329. The van der Waals surface area contributed by atoms with Gasteiger partial charge in [0.15, 0.2) is 0 Å². The average Bonchev–Trinajstić information content (AvgIpc) is 3.20. The maximum Gasteiger partial charge on any atom is 0.120 e. The quantitative estimate of drug-likeness (QED) is 0.344. The van der Waals surface area contributed by atoms with E-state index in [4.69, 9.17) is 0 Å². The molecule has 0 saturated carbocycles. The number of nitrogens with one attached hydrogen (secondary N) is 4. The maximum absolute atomic E-state index is 9.62. The zero-order valence-corrected chi connectivity index (χ0v) is 13.6. The van der Waals surface area contributed by atoms with Crippen molar-refractivity contribution in [3.05, 3.63) is 36.4 Å². The van der Waals surface area contributed by atoms with Crippen molar-refractivity contribution in [2.45, 2.75) is 26.1 Å².